The van der Waals surface area contributed by atoms with Crippen molar-refractivity contribution in [3.63, 3.8) is 0 Å². The summed E-state index contributed by atoms with van der Waals surface area (Å²) in [5.74, 6) is 0. The normalized spacial score (nSPS) is 16.6. The highest BCUT2D eigenvalue weighted by molar-refractivity contribution is 6.30. The van der Waals surface area contributed by atoms with Crippen LogP contribution in [0.3, 0.4) is 0 Å². The van der Waals surface area contributed by atoms with Gasteiger partial charge < -0.3 is 14.4 Å². The van der Waals surface area contributed by atoms with Crippen LogP contribution in [0.15, 0.2) is 18.3 Å². The van der Waals surface area contributed by atoms with Gasteiger partial charge in [-0.15, -0.1) is 0 Å². The van der Waals surface area contributed by atoms with Crippen molar-refractivity contribution in [3.05, 3.63) is 29.0 Å². The van der Waals surface area contributed by atoms with Crippen LogP contribution in [0.1, 0.15) is 39.3 Å². The largest absolute Gasteiger partial charge is 0.444 e. The third kappa shape index (κ3) is 5.46. The molecule has 0 N–H and O–H groups in total. The van der Waals surface area contributed by atoms with Gasteiger partial charge in [0.15, 0.2) is 0 Å². The Morgan fingerprint density at radius 1 is 1.41 bits per heavy atom. The van der Waals surface area contributed by atoms with E-state index < -0.39 is 5.60 Å². The molecule has 2 rings (SSSR count). The number of carbonyl (C=O) groups is 1. The molecule has 0 aromatic carbocycles. The Morgan fingerprint density at radius 3 is 2.68 bits per heavy atom. The fraction of sp³-hybridized carbons (Fsp3) is 0.625. The van der Waals surface area contributed by atoms with E-state index >= 15 is 0 Å². The van der Waals surface area contributed by atoms with Crippen LogP contribution in [-0.4, -0.2) is 40.8 Å². The van der Waals surface area contributed by atoms with Crippen molar-refractivity contribution in [2.24, 2.45) is 0 Å². The van der Waals surface area contributed by atoms with Crippen molar-refractivity contribution in [2.45, 2.75) is 51.9 Å². The van der Waals surface area contributed by atoms with E-state index in [2.05, 4.69) is 4.98 Å². The maximum Gasteiger partial charge on any atom is 0.410 e. The van der Waals surface area contributed by atoms with Gasteiger partial charge in [0.2, 0.25) is 0 Å². The Balaban J connectivity index is 1.74. The van der Waals surface area contributed by atoms with Gasteiger partial charge in [0, 0.05) is 24.3 Å². The molecule has 1 aliphatic heterocycles. The van der Waals surface area contributed by atoms with Crippen LogP contribution in [0.25, 0.3) is 0 Å². The number of likely N-dealkylation sites (tertiary alicyclic amines) is 1. The Kier molecular flexibility index (Phi) is 5.64. The molecule has 1 amide bonds. The number of amides is 1. The van der Waals surface area contributed by atoms with Crippen molar-refractivity contribution in [1.29, 1.82) is 0 Å². The van der Waals surface area contributed by atoms with Crippen LogP contribution in [0.5, 0.6) is 0 Å². The van der Waals surface area contributed by atoms with Gasteiger partial charge in [-0.3, -0.25) is 4.98 Å². The molecule has 0 atom stereocenters. The Labute approximate surface area is 136 Å². The minimum Gasteiger partial charge on any atom is -0.444 e. The van der Waals surface area contributed by atoms with E-state index in [4.69, 9.17) is 21.1 Å². The molecular formula is C16H23ClN2O3. The summed E-state index contributed by atoms with van der Waals surface area (Å²) in [6.45, 7) is 7.37. The molecule has 1 aromatic rings. The third-order valence-corrected chi connectivity index (χ3v) is 3.57. The molecule has 6 heteroatoms. The zero-order chi connectivity index (χ0) is 16.2. The van der Waals surface area contributed by atoms with E-state index in [1.54, 1.807) is 23.2 Å². The first-order valence-electron chi connectivity index (χ1n) is 7.53. The highest BCUT2D eigenvalue weighted by Gasteiger charge is 2.27. The third-order valence-electron chi connectivity index (χ3n) is 3.34. The van der Waals surface area contributed by atoms with Crippen LogP contribution < -0.4 is 0 Å². The highest BCUT2D eigenvalue weighted by atomic mass is 35.5. The monoisotopic (exact) mass is 326 g/mol. The number of nitrogens with zero attached hydrogens (tertiary/aromatic N) is 2. The number of ether oxygens (including phenoxy) is 2. The quantitative estimate of drug-likeness (QED) is 0.850. The van der Waals surface area contributed by atoms with Gasteiger partial charge in [0.1, 0.15) is 5.60 Å². The number of piperidine rings is 1. The zero-order valence-corrected chi connectivity index (χ0v) is 14.1. The molecule has 1 aliphatic rings. The molecule has 22 heavy (non-hydrogen) atoms. The number of aromatic nitrogens is 1. The molecular weight excluding hydrogens is 304 g/mol. The molecule has 1 saturated heterocycles. The summed E-state index contributed by atoms with van der Waals surface area (Å²) in [4.78, 5) is 17.9. The predicted molar refractivity (Wildman–Crippen MR) is 84.9 cm³/mol. The summed E-state index contributed by atoms with van der Waals surface area (Å²) in [5, 5.41) is 0.661. The molecule has 0 bridgehead atoms. The average Bonchev–Trinajstić information content (AvgIpc) is 2.44. The lowest BCUT2D eigenvalue weighted by molar-refractivity contribution is -0.0178. The Bertz CT molecular complexity index is 508. The van der Waals surface area contributed by atoms with Gasteiger partial charge >= 0.3 is 6.09 Å². The molecule has 122 valence electrons. The van der Waals surface area contributed by atoms with Crippen molar-refractivity contribution >= 4 is 17.7 Å². The summed E-state index contributed by atoms with van der Waals surface area (Å²) in [7, 11) is 0. The van der Waals surface area contributed by atoms with E-state index in [1.807, 2.05) is 20.8 Å². The van der Waals surface area contributed by atoms with Crippen molar-refractivity contribution in [1.82, 2.24) is 9.88 Å². The van der Waals surface area contributed by atoms with E-state index in [1.165, 1.54) is 0 Å². The average molecular weight is 327 g/mol. The highest BCUT2D eigenvalue weighted by Crippen LogP contribution is 2.18. The van der Waals surface area contributed by atoms with Crippen LogP contribution in [0, 0.1) is 0 Å². The molecule has 2 heterocycles. The summed E-state index contributed by atoms with van der Waals surface area (Å²) < 4.78 is 11.2. The van der Waals surface area contributed by atoms with Crippen molar-refractivity contribution in [3.8, 4) is 0 Å². The van der Waals surface area contributed by atoms with Crippen LogP contribution >= 0.6 is 11.6 Å². The van der Waals surface area contributed by atoms with Crippen LogP contribution in [-0.2, 0) is 16.1 Å². The molecule has 0 radical (unpaired) electrons. The van der Waals surface area contributed by atoms with Gasteiger partial charge in [-0.2, -0.15) is 0 Å². The first kappa shape index (κ1) is 17.0. The number of rotatable bonds is 3. The topological polar surface area (TPSA) is 51.7 Å². The van der Waals surface area contributed by atoms with E-state index in [-0.39, 0.29) is 12.2 Å². The predicted octanol–water partition coefficient (Wildman–Crippen LogP) is 3.65. The second-order valence-corrected chi connectivity index (χ2v) is 6.88. The van der Waals surface area contributed by atoms with Gasteiger partial charge in [-0.1, -0.05) is 11.6 Å². The number of pyridine rings is 1. The summed E-state index contributed by atoms with van der Waals surface area (Å²) in [6, 6.07) is 3.54. The van der Waals surface area contributed by atoms with Gasteiger partial charge in [0.05, 0.1) is 18.4 Å². The lowest BCUT2D eigenvalue weighted by Gasteiger charge is -2.33. The second kappa shape index (κ2) is 7.29. The van der Waals surface area contributed by atoms with Gasteiger partial charge in [0.25, 0.3) is 0 Å². The molecule has 5 nitrogen and oxygen atoms in total. The Hall–Kier alpha value is -1.33. The smallest absolute Gasteiger partial charge is 0.410 e. The lowest BCUT2D eigenvalue weighted by Crippen LogP contribution is -2.43. The number of hydrogen-bond donors (Lipinski definition) is 0. The fourth-order valence-corrected chi connectivity index (χ4v) is 2.44. The van der Waals surface area contributed by atoms with E-state index in [0.29, 0.717) is 24.7 Å². The van der Waals surface area contributed by atoms with E-state index in [0.717, 1.165) is 18.5 Å². The summed E-state index contributed by atoms with van der Waals surface area (Å²) in [5.41, 5.74) is 0.366. The van der Waals surface area contributed by atoms with Crippen molar-refractivity contribution < 1.29 is 14.3 Å². The molecule has 0 saturated carbocycles. The summed E-state index contributed by atoms with van der Waals surface area (Å²) in [6.07, 6.45) is 3.17. The minimum atomic E-state index is -0.456. The standard InChI is InChI=1S/C16H23ClN2O3/c1-16(2,3)22-15(20)19-8-5-14(6-9-19)21-11-13-10-12(17)4-7-18-13/h4,7,10,14H,5-6,8-9,11H2,1-3H3. The fourth-order valence-electron chi connectivity index (χ4n) is 2.26. The van der Waals surface area contributed by atoms with Crippen LogP contribution in [0.4, 0.5) is 4.79 Å². The second-order valence-electron chi connectivity index (χ2n) is 6.44. The number of hydrogen-bond acceptors (Lipinski definition) is 4. The molecule has 0 aliphatic carbocycles. The first-order chi connectivity index (χ1) is 10.3. The molecule has 1 aromatic heterocycles. The minimum absolute atomic E-state index is 0.138. The lowest BCUT2D eigenvalue weighted by atomic mass is 10.1. The van der Waals surface area contributed by atoms with Crippen molar-refractivity contribution in [2.75, 3.05) is 13.1 Å². The molecule has 0 spiro atoms. The maximum atomic E-state index is 12.0. The summed E-state index contributed by atoms with van der Waals surface area (Å²) >= 11 is 5.92. The maximum absolute atomic E-state index is 12.0. The number of carbonyl (C=O) groups excluding carboxylic acids is 1. The molecule has 1 fully saturated rings. The SMILES string of the molecule is CC(C)(C)OC(=O)N1CCC(OCc2cc(Cl)ccn2)CC1. The molecule has 0 unspecified atom stereocenters. The van der Waals surface area contributed by atoms with E-state index in [9.17, 15) is 4.79 Å². The zero-order valence-electron chi connectivity index (χ0n) is 13.3. The van der Waals surface area contributed by atoms with Gasteiger partial charge in [-0.25, -0.2) is 4.79 Å². The first-order valence-corrected chi connectivity index (χ1v) is 7.91. The Morgan fingerprint density at radius 2 is 2.09 bits per heavy atom. The number of halogens is 1. The van der Waals surface area contributed by atoms with Crippen LogP contribution in [0.2, 0.25) is 5.02 Å². The van der Waals surface area contributed by atoms with Gasteiger partial charge in [-0.05, 0) is 45.7 Å².